The number of hydrogen-bond acceptors (Lipinski definition) is 17. The van der Waals surface area contributed by atoms with Gasteiger partial charge in [-0.05, 0) is 50.3 Å². The van der Waals surface area contributed by atoms with Crippen molar-refractivity contribution < 1.29 is 47.7 Å². The summed E-state index contributed by atoms with van der Waals surface area (Å²) in [5, 5.41) is 23.0. The second-order valence-corrected chi connectivity index (χ2v) is 22.2. The average molecular weight is 1130 g/mol. The van der Waals surface area contributed by atoms with E-state index in [2.05, 4.69) is 59.6 Å². The number of amides is 6. The molecule has 8 rings (SSSR count). The molecule has 4 aliphatic heterocycles. The number of benzene rings is 1. The van der Waals surface area contributed by atoms with Crippen LogP contribution in [0.4, 0.5) is 10.6 Å². The molecule has 7 heterocycles. The summed E-state index contributed by atoms with van der Waals surface area (Å²) in [6.07, 6.45) is 13.4. The van der Waals surface area contributed by atoms with Gasteiger partial charge in [0.1, 0.15) is 0 Å². The van der Waals surface area contributed by atoms with Crippen molar-refractivity contribution in [3.63, 3.8) is 0 Å². The van der Waals surface area contributed by atoms with Crippen molar-refractivity contribution in [1.82, 2.24) is 56.5 Å². The number of aromatic amines is 1. The molecule has 3 atom stereocenters. The van der Waals surface area contributed by atoms with E-state index < -0.39 is 0 Å². The normalized spacial score (nSPS) is 18.3. The van der Waals surface area contributed by atoms with E-state index in [9.17, 15) is 28.8 Å². The van der Waals surface area contributed by atoms with Gasteiger partial charge in [-0.3, -0.25) is 34.0 Å². The van der Waals surface area contributed by atoms with Gasteiger partial charge in [-0.2, -0.15) is 16.9 Å². The van der Waals surface area contributed by atoms with Gasteiger partial charge in [-0.1, -0.05) is 38.0 Å². The predicted octanol–water partition coefficient (Wildman–Crippen LogP) is 4.33. The first-order chi connectivity index (χ1) is 38.7. The van der Waals surface area contributed by atoms with Crippen molar-refractivity contribution in [1.29, 1.82) is 0 Å². The number of nitrogens with zero attached hydrogens (tertiary/aromatic N) is 6. The number of anilines is 1. The number of thiophene rings is 1. The maximum atomic E-state index is 12.7. The highest BCUT2D eigenvalue weighted by molar-refractivity contribution is 8.00. The Bertz CT molecular complexity index is 2590. The Hall–Kier alpha value is -5.76. The summed E-state index contributed by atoms with van der Waals surface area (Å²) >= 11 is 3.64. The van der Waals surface area contributed by atoms with Crippen LogP contribution in [0.15, 0.2) is 42.6 Å². The zero-order valence-electron chi connectivity index (χ0n) is 45.6. The summed E-state index contributed by atoms with van der Waals surface area (Å²) in [6.45, 7) is 13.4. The van der Waals surface area contributed by atoms with Crippen molar-refractivity contribution in [2.75, 3.05) is 122 Å². The van der Waals surface area contributed by atoms with Gasteiger partial charge in [0, 0.05) is 131 Å². The molecule has 4 fully saturated rings. The number of urea groups is 1. The van der Waals surface area contributed by atoms with Crippen LogP contribution in [0.1, 0.15) is 82.4 Å². The fourth-order valence-corrected chi connectivity index (χ4v) is 12.3. The van der Waals surface area contributed by atoms with Crippen molar-refractivity contribution in [2.24, 2.45) is 0 Å². The summed E-state index contributed by atoms with van der Waals surface area (Å²) in [4.78, 5) is 87.6. The van der Waals surface area contributed by atoms with Crippen LogP contribution in [0.5, 0.6) is 0 Å². The SMILES string of the molecule is CCCCC(=O)NCCCOCCOCCOCCCNC(=O)CCCCC1SCC2NC(=O)NC21.O=CNC/C=C/C(=O)CCC(=O)N1CCN(Cc2cc3nc(-c4cccc5[nH]ncc45)nc(N4CCOCC4)c3s2)CC1. The van der Waals surface area contributed by atoms with Crippen molar-refractivity contribution in [3.8, 4) is 11.4 Å². The number of morpholine rings is 1. The van der Waals surface area contributed by atoms with Gasteiger partial charge in [0.25, 0.3) is 0 Å². The number of aromatic nitrogens is 4. The minimum atomic E-state index is -0.117. The number of unbranched alkanes of at least 4 members (excludes halogenated alkanes) is 2. The largest absolute Gasteiger partial charge is 0.379 e. The predicted molar refractivity (Wildman–Crippen MR) is 306 cm³/mol. The van der Waals surface area contributed by atoms with Crippen LogP contribution in [0.3, 0.4) is 0 Å². The number of nitrogens with one attached hydrogen (secondary N) is 6. The lowest BCUT2D eigenvalue weighted by Crippen LogP contribution is -2.48. The van der Waals surface area contributed by atoms with Crippen molar-refractivity contribution in [3.05, 3.63) is 47.5 Å². The van der Waals surface area contributed by atoms with Gasteiger partial charge in [0.2, 0.25) is 24.1 Å². The van der Waals surface area contributed by atoms with Crippen LogP contribution in [-0.2, 0) is 49.5 Å². The number of piperazine rings is 1. The number of ether oxygens (including phenoxy) is 4. The Balaban J connectivity index is 0.000000233. The Morgan fingerprint density at radius 1 is 0.835 bits per heavy atom. The molecule has 0 bridgehead atoms. The van der Waals surface area contributed by atoms with Gasteiger partial charge in [0.05, 0.1) is 73.7 Å². The standard InChI is InChI=1S/C30H34N8O4S.C25H46N4O6S/c39-20-31-8-2-3-21(40)6-7-27(41)37-11-9-36(10-12-37)19-22-17-26-28(43-22)30(38-13-15-42-16-14-38)34-29(33-26)23-4-1-5-25-24(23)18-32-35-25;1-2-3-9-22(30)26-11-6-13-33-15-17-35-18-16-34-14-7-12-27-23(31)10-5-4-8-21-24-20(19-36-21)28-25(32)29-24/h1-5,17-18,20H,6-16,19H2,(H,31,39)(H,32,35);20-21,24H,2-19H2,1H3,(H,26,30)(H,27,31)(H2,28,29,32)/b3-2+;. The quantitative estimate of drug-likeness (QED) is 0.0168. The molecule has 22 nitrogen and oxygen atoms in total. The van der Waals surface area contributed by atoms with E-state index in [1.165, 1.54) is 11.0 Å². The summed E-state index contributed by atoms with van der Waals surface area (Å²) in [5.74, 6) is 2.69. The highest BCUT2D eigenvalue weighted by atomic mass is 32.2. The summed E-state index contributed by atoms with van der Waals surface area (Å²) in [5.41, 5.74) is 2.83. The van der Waals surface area contributed by atoms with Gasteiger partial charge in [0.15, 0.2) is 17.4 Å². The highest BCUT2D eigenvalue weighted by Crippen LogP contribution is 2.37. The van der Waals surface area contributed by atoms with E-state index in [4.69, 9.17) is 28.9 Å². The molecular formula is C55H80N12O10S2. The number of thioether (sulfide) groups is 1. The monoisotopic (exact) mass is 1130 g/mol. The van der Waals surface area contributed by atoms with Gasteiger partial charge in [-0.25, -0.2) is 14.8 Å². The molecule has 0 spiro atoms. The number of rotatable bonds is 33. The third-order valence-electron chi connectivity index (χ3n) is 13.9. The van der Waals surface area contributed by atoms with Gasteiger partial charge in [-0.15, -0.1) is 11.3 Å². The van der Waals surface area contributed by atoms with Crippen molar-refractivity contribution in [2.45, 2.75) is 101 Å². The Morgan fingerprint density at radius 3 is 2.28 bits per heavy atom. The van der Waals surface area contributed by atoms with Crippen LogP contribution in [0, 0.1) is 0 Å². The first-order valence-corrected chi connectivity index (χ1v) is 29.9. The van der Waals surface area contributed by atoms with Crippen LogP contribution in [0.2, 0.25) is 0 Å². The van der Waals surface area contributed by atoms with E-state index in [1.54, 1.807) is 17.4 Å². The maximum Gasteiger partial charge on any atom is 0.315 e. The highest BCUT2D eigenvalue weighted by Gasteiger charge is 2.42. The second-order valence-electron chi connectivity index (χ2n) is 19.8. The molecule has 4 aromatic rings. The van der Waals surface area contributed by atoms with E-state index in [0.717, 1.165) is 116 Å². The molecule has 3 unspecified atom stereocenters. The van der Waals surface area contributed by atoms with Gasteiger partial charge < -0.3 is 55.3 Å². The third-order valence-corrected chi connectivity index (χ3v) is 16.5. The van der Waals surface area contributed by atoms with E-state index in [-0.39, 0.29) is 54.5 Å². The minimum absolute atomic E-state index is 0.000113. The van der Waals surface area contributed by atoms with E-state index in [0.29, 0.717) is 116 Å². The fourth-order valence-electron chi connectivity index (χ4n) is 9.60. The Morgan fingerprint density at radius 2 is 1.56 bits per heavy atom. The lowest BCUT2D eigenvalue weighted by molar-refractivity contribution is -0.134. The molecule has 3 aromatic heterocycles. The fraction of sp³-hybridized carbons (Fsp3) is 0.618. The summed E-state index contributed by atoms with van der Waals surface area (Å²) in [6, 6.07) is 8.65. The molecule has 432 valence electrons. The van der Waals surface area contributed by atoms with E-state index >= 15 is 0 Å². The molecule has 0 aliphatic carbocycles. The molecule has 4 saturated heterocycles. The first kappa shape index (κ1) is 60.9. The zero-order valence-corrected chi connectivity index (χ0v) is 47.3. The van der Waals surface area contributed by atoms with E-state index in [1.807, 2.05) is 41.1 Å². The first-order valence-electron chi connectivity index (χ1n) is 28.1. The zero-order chi connectivity index (χ0) is 55.4. The number of carbonyl (C=O) groups excluding carboxylic acids is 6. The van der Waals surface area contributed by atoms with Crippen LogP contribution < -0.4 is 31.5 Å². The smallest absolute Gasteiger partial charge is 0.315 e. The number of H-pyrrole nitrogens is 1. The second kappa shape index (κ2) is 33.7. The van der Waals surface area contributed by atoms with Crippen LogP contribution >= 0.6 is 23.1 Å². The molecule has 0 saturated carbocycles. The number of ketones is 1. The topological polar surface area (TPSA) is 264 Å². The summed E-state index contributed by atoms with van der Waals surface area (Å²) < 4.78 is 23.2. The molecule has 4 aliphatic rings. The molecular weight excluding hydrogens is 1050 g/mol. The lowest BCUT2D eigenvalue weighted by atomic mass is 10.0. The molecule has 6 N–H and O–H groups in total. The Labute approximate surface area is 471 Å². The average Bonchev–Trinajstić information content (AvgIpc) is 4.41. The Kier molecular flexibility index (Phi) is 26.0. The third kappa shape index (κ3) is 20.1. The molecule has 0 radical (unpaired) electrons. The molecule has 6 amide bonds. The van der Waals surface area contributed by atoms with Crippen molar-refractivity contribution >= 4 is 86.0 Å². The molecule has 24 heteroatoms. The number of fused-ring (bicyclic) bond motifs is 3. The molecule has 79 heavy (non-hydrogen) atoms. The lowest BCUT2D eigenvalue weighted by Gasteiger charge is -2.34. The number of carbonyl (C=O) groups is 6. The summed E-state index contributed by atoms with van der Waals surface area (Å²) in [7, 11) is 0. The van der Waals surface area contributed by atoms with Crippen LogP contribution in [0.25, 0.3) is 32.5 Å². The van der Waals surface area contributed by atoms with Gasteiger partial charge >= 0.3 is 6.03 Å². The number of allylic oxidation sites excluding steroid dienone is 1. The molecule has 1 aromatic carbocycles. The van der Waals surface area contributed by atoms with Crippen LogP contribution in [-0.4, -0.2) is 201 Å². The minimum Gasteiger partial charge on any atom is -0.379 e. The number of hydrogen-bond donors (Lipinski definition) is 6. The maximum absolute atomic E-state index is 12.7.